The first-order valence-electron chi connectivity index (χ1n) is 9.41. The molecule has 0 radical (unpaired) electrons. The molecule has 0 N–H and O–H groups in total. The van der Waals surface area contributed by atoms with Crippen LogP contribution in [0.5, 0.6) is 0 Å². The number of fused-ring (bicyclic) bond motifs is 6. The van der Waals surface area contributed by atoms with Crippen molar-refractivity contribution in [2.24, 2.45) is 0 Å². The fourth-order valence-electron chi connectivity index (χ4n) is 3.94. The van der Waals surface area contributed by atoms with Gasteiger partial charge in [-0.15, -0.1) is 106 Å². The Bertz CT molecular complexity index is 984. The summed E-state index contributed by atoms with van der Waals surface area (Å²) in [5, 5.41) is 0. The molecule has 4 aliphatic rings. The predicted octanol–water partition coefficient (Wildman–Crippen LogP) is -0.0518. The van der Waals surface area contributed by atoms with Crippen molar-refractivity contribution in [2.45, 2.75) is 11.8 Å². The van der Waals surface area contributed by atoms with Gasteiger partial charge in [0.15, 0.2) is 0 Å². The molecule has 148 valence electrons. The summed E-state index contributed by atoms with van der Waals surface area (Å²) in [5.41, 5.74) is 7.86. The zero-order chi connectivity index (χ0) is 19.3. The number of allylic oxidation sites excluding steroid dienone is 10. The van der Waals surface area contributed by atoms with Crippen LogP contribution in [-0.4, -0.2) is 4.21 Å². The summed E-state index contributed by atoms with van der Waals surface area (Å²) in [6.07, 6.45) is 23.9. The van der Waals surface area contributed by atoms with E-state index < -0.39 is 0 Å². The summed E-state index contributed by atoms with van der Waals surface area (Å²) in [6, 6.07) is 16.9. The molecule has 3 heteroatoms. The molecule has 0 aromatic heterocycles. The quantitative estimate of drug-likeness (QED) is 0.440. The van der Waals surface area contributed by atoms with Gasteiger partial charge in [-0.05, 0) is 11.8 Å². The van der Waals surface area contributed by atoms with Crippen molar-refractivity contribution in [3.05, 3.63) is 143 Å². The van der Waals surface area contributed by atoms with Crippen molar-refractivity contribution in [1.82, 2.24) is 0 Å². The van der Waals surface area contributed by atoms with Crippen molar-refractivity contribution >= 4 is 4.21 Å². The predicted molar refractivity (Wildman–Crippen MR) is 114 cm³/mol. The summed E-state index contributed by atoms with van der Waals surface area (Å²) in [5.74, 6) is 0.919. The van der Waals surface area contributed by atoms with E-state index in [1.165, 1.54) is 57.6 Å². The number of hydrogen-bond donors (Lipinski definition) is 0. The van der Waals surface area contributed by atoms with Gasteiger partial charge in [0.05, 0.1) is 0 Å². The van der Waals surface area contributed by atoms with Gasteiger partial charge >= 0.3 is 28.4 Å². The second-order valence-corrected chi connectivity index (χ2v) is 6.78. The van der Waals surface area contributed by atoms with Gasteiger partial charge in [0.1, 0.15) is 0 Å². The summed E-state index contributed by atoms with van der Waals surface area (Å²) in [7, 11) is 0. The average Bonchev–Trinajstić information content (AvgIpc) is 3.34. The third-order valence-corrected chi connectivity index (χ3v) is 5.20. The molecule has 30 heavy (non-hydrogen) atoms. The van der Waals surface area contributed by atoms with E-state index in [2.05, 4.69) is 114 Å². The zero-order valence-electron chi connectivity index (χ0n) is 16.4. The maximum absolute atomic E-state index is 3.42. The van der Waals surface area contributed by atoms with Crippen LogP contribution in [-0.2, 0) is 24.2 Å². The summed E-state index contributed by atoms with van der Waals surface area (Å²) >= 11 is 1.30. The van der Waals surface area contributed by atoms with E-state index in [0.717, 1.165) is 0 Å². The van der Waals surface area contributed by atoms with Crippen LogP contribution >= 0.6 is 0 Å². The Hall–Kier alpha value is -1.79. The maximum Gasteiger partial charge on any atom is -1.00 e. The Labute approximate surface area is 206 Å². The van der Waals surface area contributed by atoms with Gasteiger partial charge < -0.3 is 24.8 Å². The Morgan fingerprint density at radius 3 is 1.43 bits per heavy atom. The van der Waals surface area contributed by atoms with Crippen LogP contribution in [0, 0.1) is 12.2 Å². The molecular weight excluding hydrogens is 486 g/mol. The van der Waals surface area contributed by atoms with E-state index in [-0.39, 0.29) is 24.8 Å². The molecule has 0 aliphatic heterocycles. The zero-order valence-corrected chi connectivity index (χ0v) is 20.3. The minimum absolute atomic E-state index is 0. The van der Waals surface area contributed by atoms with Gasteiger partial charge in [-0.2, -0.15) is 0 Å². The Kier molecular flexibility index (Phi) is 9.44. The van der Waals surface area contributed by atoms with Crippen LogP contribution in [0.15, 0.2) is 108 Å². The van der Waals surface area contributed by atoms with E-state index in [1.807, 2.05) is 0 Å². The van der Waals surface area contributed by atoms with Crippen LogP contribution in [0.2, 0.25) is 0 Å². The van der Waals surface area contributed by atoms with E-state index >= 15 is 0 Å². The molecule has 2 unspecified atom stereocenters. The van der Waals surface area contributed by atoms with E-state index in [9.17, 15) is 0 Å². The molecule has 0 bridgehead atoms. The van der Waals surface area contributed by atoms with Crippen LogP contribution < -0.4 is 24.8 Å². The number of hydrogen-bond acceptors (Lipinski definition) is 0. The summed E-state index contributed by atoms with van der Waals surface area (Å²) in [6.45, 7) is 0. The van der Waals surface area contributed by atoms with Crippen molar-refractivity contribution < 1.29 is 49.0 Å². The number of rotatable bonds is 0. The normalized spacial score (nSPS) is 19.7. The second-order valence-electron chi connectivity index (χ2n) is 6.78. The standard InChI is InChI=1S/2C13H9.CH2.2ClH.Zr/c2*1-3-7-12-10(5-1)9-11-6-2-4-8-13(11)12;;;;/h2*1-8,12H;1H2;2*1H;/q2*-1;;;;+2/p-2. The Morgan fingerprint density at radius 1 is 0.600 bits per heavy atom. The van der Waals surface area contributed by atoms with Gasteiger partial charge in [0.25, 0.3) is 0 Å². The topological polar surface area (TPSA) is 0 Å². The van der Waals surface area contributed by atoms with Crippen LogP contribution in [0.25, 0.3) is 0 Å². The second kappa shape index (κ2) is 11.6. The largest absolute Gasteiger partial charge is 1.00 e. The fourth-order valence-corrected chi connectivity index (χ4v) is 3.94. The van der Waals surface area contributed by atoms with E-state index in [1.54, 1.807) is 0 Å². The van der Waals surface area contributed by atoms with E-state index in [0.29, 0.717) is 11.8 Å². The fraction of sp³-hybridized carbons (Fsp3) is 0.0741. The van der Waals surface area contributed by atoms with Crippen molar-refractivity contribution in [3.63, 3.8) is 0 Å². The van der Waals surface area contributed by atoms with Crippen LogP contribution in [0.3, 0.4) is 0 Å². The van der Waals surface area contributed by atoms with Crippen LogP contribution in [0.4, 0.5) is 0 Å². The first kappa shape index (κ1) is 24.5. The van der Waals surface area contributed by atoms with Gasteiger partial charge in [0, 0.05) is 0 Å². The summed E-state index contributed by atoms with van der Waals surface area (Å²) in [4.78, 5) is 0. The van der Waals surface area contributed by atoms with Gasteiger partial charge in [-0.3, -0.25) is 0 Å². The van der Waals surface area contributed by atoms with Crippen LogP contribution in [0.1, 0.15) is 34.1 Å². The molecule has 0 nitrogen and oxygen atoms in total. The Balaban J connectivity index is 0.000000186. The molecule has 0 saturated carbocycles. The molecule has 0 saturated heterocycles. The van der Waals surface area contributed by atoms with Crippen molar-refractivity contribution in [1.29, 1.82) is 0 Å². The van der Waals surface area contributed by atoms with Gasteiger partial charge in [0.2, 0.25) is 0 Å². The molecule has 2 atom stereocenters. The minimum atomic E-state index is 0. The smallest absolute Gasteiger partial charge is 1.00 e. The third kappa shape index (κ3) is 4.92. The SMILES string of the molecule is [C-]1=C2C=CC=CC2c2ccccc21.[C-]1=C2C=CC=CC2c2ccccc21.[CH2]=[Zr+2].[Cl-].[Cl-]. The maximum atomic E-state index is 3.42. The molecule has 2 aromatic rings. The molecular formula is C27H20Cl2Zr-2. The number of halogens is 2. The molecule has 0 spiro atoms. The molecule has 4 aliphatic carbocycles. The average molecular weight is 507 g/mol. The van der Waals surface area contributed by atoms with E-state index in [4.69, 9.17) is 0 Å². The molecule has 2 aromatic carbocycles. The van der Waals surface area contributed by atoms with Gasteiger partial charge in [-0.25, -0.2) is 0 Å². The monoisotopic (exact) mass is 504 g/mol. The Morgan fingerprint density at radius 2 is 1.00 bits per heavy atom. The molecule has 0 amide bonds. The first-order valence-corrected chi connectivity index (χ1v) is 11.1. The summed E-state index contributed by atoms with van der Waals surface area (Å²) < 4.78 is 3.34. The van der Waals surface area contributed by atoms with Crippen molar-refractivity contribution in [2.75, 3.05) is 0 Å². The first-order chi connectivity index (χ1) is 13.9. The molecule has 0 heterocycles. The molecule has 0 fully saturated rings. The number of benzene rings is 2. The van der Waals surface area contributed by atoms with Gasteiger partial charge in [-0.1, -0.05) is 36.4 Å². The third-order valence-electron chi connectivity index (χ3n) is 5.20. The van der Waals surface area contributed by atoms with Crippen molar-refractivity contribution in [3.8, 4) is 0 Å². The minimum Gasteiger partial charge on any atom is -1.00 e. The molecule has 6 rings (SSSR count).